The number of anilines is 1. The molecule has 0 aliphatic carbocycles. The molecular formula is C17H13BrCl2F2N6O3. The summed E-state index contributed by atoms with van der Waals surface area (Å²) in [6.45, 7) is 1.03. The lowest BCUT2D eigenvalue weighted by molar-refractivity contribution is -0.386. The van der Waals surface area contributed by atoms with Gasteiger partial charge in [-0.2, -0.15) is 10.2 Å². The first-order valence-electron chi connectivity index (χ1n) is 8.53. The Hall–Kier alpha value is -2.57. The van der Waals surface area contributed by atoms with Gasteiger partial charge < -0.3 is 5.32 Å². The summed E-state index contributed by atoms with van der Waals surface area (Å²) in [5.74, 6) is -0.486. The van der Waals surface area contributed by atoms with Crippen LogP contribution in [0.2, 0.25) is 10.0 Å². The molecule has 0 radical (unpaired) electrons. The van der Waals surface area contributed by atoms with Crippen molar-refractivity contribution in [2.75, 3.05) is 5.32 Å². The molecule has 0 bridgehead atoms. The van der Waals surface area contributed by atoms with Gasteiger partial charge in [0.25, 0.3) is 6.43 Å². The van der Waals surface area contributed by atoms with Crippen LogP contribution in [0.1, 0.15) is 23.4 Å². The summed E-state index contributed by atoms with van der Waals surface area (Å²) >= 11 is 15.3. The summed E-state index contributed by atoms with van der Waals surface area (Å²) in [4.78, 5) is 22.5. The zero-order valence-electron chi connectivity index (χ0n) is 15.7. The third kappa shape index (κ3) is 5.20. The van der Waals surface area contributed by atoms with E-state index in [0.29, 0.717) is 21.1 Å². The lowest BCUT2D eigenvalue weighted by Crippen LogP contribution is -2.21. The zero-order valence-corrected chi connectivity index (χ0v) is 18.7. The SMILES string of the molecule is Cc1c([N+](=O)[O-])c(C(F)F)nn1CC(=O)Nc1nn(Cc2ccc(Cl)cc2Cl)cc1Br. The normalized spacial score (nSPS) is 11.2. The Morgan fingerprint density at radius 2 is 2.06 bits per heavy atom. The number of nitrogens with one attached hydrogen (secondary N) is 1. The Morgan fingerprint density at radius 3 is 2.65 bits per heavy atom. The van der Waals surface area contributed by atoms with Crippen LogP contribution >= 0.6 is 39.1 Å². The lowest BCUT2D eigenvalue weighted by atomic mass is 10.2. The molecule has 0 aliphatic rings. The van der Waals surface area contributed by atoms with Gasteiger partial charge in [-0.15, -0.1) is 0 Å². The van der Waals surface area contributed by atoms with E-state index < -0.39 is 35.2 Å². The van der Waals surface area contributed by atoms with Crippen molar-refractivity contribution in [3.8, 4) is 0 Å². The van der Waals surface area contributed by atoms with Crippen LogP contribution in [0.5, 0.6) is 0 Å². The third-order valence-corrected chi connectivity index (χ3v) is 5.37. The fraction of sp³-hybridized carbons (Fsp3) is 0.235. The minimum absolute atomic E-state index is 0.155. The van der Waals surface area contributed by atoms with E-state index in [0.717, 1.165) is 10.2 Å². The highest BCUT2D eigenvalue weighted by Crippen LogP contribution is 2.31. The number of hydrogen-bond acceptors (Lipinski definition) is 5. The predicted octanol–water partition coefficient (Wildman–Crippen LogP) is 4.99. The minimum atomic E-state index is -3.15. The van der Waals surface area contributed by atoms with Gasteiger partial charge in [0.2, 0.25) is 11.6 Å². The summed E-state index contributed by atoms with van der Waals surface area (Å²) in [5.41, 5.74) is -1.20. The quantitative estimate of drug-likeness (QED) is 0.337. The van der Waals surface area contributed by atoms with E-state index in [-0.39, 0.29) is 11.5 Å². The number of nitrogens with zero attached hydrogens (tertiary/aromatic N) is 5. The third-order valence-electron chi connectivity index (χ3n) is 4.21. The average Bonchev–Trinajstić information content (AvgIpc) is 3.17. The number of rotatable bonds is 7. The molecule has 1 N–H and O–H groups in total. The molecule has 0 spiro atoms. The molecule has 3 aromatic rings. The number of nitro groups is 1. The number of alkyl halides is 2. The first-order valence-corrected chi connectivity index (χ1v) is 10.1. The van der Waals surface area contributed by atoms with E-state index in [4.69, 9.17) is 23.2 Å². The van der Waals surface area contributed by atoms with Crippen LogP contribution in [0.25, 0.3) is 0 Å². The van der Waals surface area contributed by atoms with E-state index in [1.165, 1.54) is 11.6 Å². The van der Waals surface area contributed by atoms with Crippen LogP contribution in [0.4, 0.5) is 20.3 Å². The topological polar surface area (TPSA) is 108 Å². The molecule has 0 saturated heterocycles. The van der Waals surface area contributed by atoms with E-state index >= 15 is 0 Å². The van der Waals surface area contributed by atoms with Crippen LogP contribution < -0.4 is 5.32 Å². The highest BCUT2D eigenvalue weighted by atomic mass is 79.9. The van der Waals surface area contributed by atoms with Crippen molar-refractivity contribution in [3.63, 3.8) is 0 Å². The standard InChI is InChI=1S/C17H13BrCl2F2N6O3/c1-8-15(28(30)31)14(16(21)22)24-27(8)7-13(29)23-17-11(18)6-26(25-17)5-9-2-3-10(19)4-12(9)20/h2-4,6,16H,5,7H2,1H3,(H,23,25,29). The highest BCUT2D eigenvalue weighted by Gasteiger charge is 2.31. The summed E-state index contributed by atoms with van der Waals surface area (Å²) < 4.78 is 28.9. The Kier molecular flexibility index (Phi) is 6.92. The molecule has 1 aromatic carbocycles. The molecule has 31 heavy (non-hydrogen) atoms. The summed E-state index contributed by atoms with van der Waals surface area (Å²) in [7, 11) is 0. The number of halogens is 5. The largest absolute Gasteiger partial charge is 0.319 e. The molecule has 0 fully saturated rings. The molecular weight excluding hydrogens is 525 g/mol. The van der Waals surface area contributed by atoms with Gasteiger partial charge in [0.05, 0.1) is 15.9 Å². The van der Waals surface area contributed by atoms with Gasteiger partial charge in [-0.25, -0.2) is 8.78 Å². The van der Waals surface area contributed by atoms with Crippen LogP contribution in [0.3, 0.4) is 0 Å². The van der Waals surface area contributed by atoms with Gasteiger partial charge in [-0.05, 0) is 40.5 Å². The first-order chi connectivity index (χ1) is 14.6. The lowest BCUT2D eigenvalue weighted by Gasteiger charge is -2.06. The molecule has 0 atom stereocenters. The average molecular weight is 538 g/mol. The van der Waals surface area contributed by atoms with E-state index in [2.05, 4.69) is 31.4 Å². The smallest absolute Gasteiger partial charge is 0.307 e. The van der Waals surface area contributed by atoms with Crippen LogP contribution in [-0.2, 0) is 17.9 Å². The molecule has 164 valence electrons. The Morgan fingerprint density at radius 1 is 1.35 bits per heavy atom. The number of hydrogen-bond donors (Lipinski definition) is 1. The van der Waals surface area contributed by atoms with Crippen molar-refractivity contribution in [1.82, 2.24) is 19.6 Å². The van der Waals surface area contributed by atoms with Gasteiger partial charge in [0, 0.05) is 16.2 Å². The van der Waals surface area contributed by atoms with Crippen LogP contribution in [0, 0.1) is 17.0 Å². The minimum Gasteiger partial charge on any atom is -0.307 e. The highest BCUT2D eigenvalue weighted by molar-refractivity contribution is 9.10. The second-order valence-electron chi connectivity index (χ2n) is 6.34. The van der Waals surface area contributed by atoms with E-state index in [1.54, 1.807) is 24.4 Å². The molecule has 0 unspecified atom stereocenters. The van der Waals surface area contributed by atoms with Crippen molar-refractivity contribution in [2.45, 2.75) is 26.4 Å². The van der Waals surface area contributed by atoms with Gasteiger partial charge in [-0.3, -0.25) is 24.3 Å². The molecule has 14 heteroatoms. The summed E-state index contributed by atoms with van der Waals surface area (Å²) in [6, 6.07) is 5.02. The fourth-order valence-corrected chi connectivity index (χ4v) is 3.66. The number of amides is 1. The predicted molar refractivity (Wildman–Crippen MR) is 113 cm³/mol. The molecule has 0 aliphatic heterocycles. The maximum absolute atomic E-state index is 13.0. The Balaban J connectivity index is 1.74. The molecule has 0 saturated carbocycles. The fourth-order valence-electron chi connectivity index (χ4n) is 2.78. The summed E-state index contributed by atoms with van der Waals surface area (Å²) in [6.07, 6.45) is -1.53. The second-order valence-corrected chi connectivity index (χ2v) is 8.04. The Labute approximate surface area is 192 Å². The number of carbonyl (C=O) groups is 1. The summed E-state index contributed by atoms with van der Waals surface area (Å²) in [5, 5.41) is 22.3. The maximum atomic E-state index is 13.0. The number of benzene rings is 1. The van der Waals surface area contributed by atoms with Crippen molar-refractivity contribution in [2.24, 2.45) is 0 Å². The van der Waals surface area contributed by atoms with Crippen molar-refractivity contribution < 1.29 is 18.5 Å². The van der Waals surface area contributed by atoms with Crippen molar-refractivity contribution in [3.05, 3.63) is 66.0 Å². The maximum Gasteiger partial charge on any atom is 0.319 e. The Bertz CT molecular complexity index is 1170. The van der Waals surface area contributed by atoms with Gasteiger partial charge in [0.15, 0.2) is 5.82 Å². The van der Waals surface area contributed by atoms with Crippen molar-refractivity contribution >= 4 is 56.5 Å². The van der Waals surface area contributed by atoms with E-state index in [9.17, 15) is 23.7 Å². The van der Waals surface area contributed by atoms with Gasteiger partial charge in [0.1, 0.15) is 12.2 Å². The molecule has 9 nitrogen and oxygen atoms in total. The number of aromatic nitrogens is 4. The van der Waals surface area contributed by atoms with Crippen LogP contribution in [0.15, 0.2) is 28.9 Å². The number of carbonyl (C=O) groups excluding carboxylic acids is 1. The molecule has 2 heterocycles. The van der Waals surface area contributed by atoms with Gasteiger partial charge >= 0.3 is 5.69 Å². The van der Waals surface area contributed by atoms with Gasteiger partial charge in [-0.1, -0.05) is 29.3 Å². The monoisotopic (exact) mass is 536 g/mol. The molecule has 2 aromatic heterocycles. The first kappa shape index (κ1) is 23.1. The molecule has 3 rings (SSSR count). The van der Waals surface area contributed by atoms with E-state index in [1.807, 2.05) is 0 Å². The zero-order chi connectivity index (χ0) is 22.9. The van der Waals surface area contributed by atoms with Crippen LogP contribution in [-0.4, -0.2) is 30.4 Å². The second kappa shape index (κ2) is 9.28. The molecule has 1 amide bonds. The van der Waals surface area contributed by atoms with Crippen molar-refractivity contribution in [1.29, 1.82) is 0 Å².